The van der Waals surface area contributed by atoms with Crippen molar-refractivity contribution in [2.24, 2.45) is 11.7 Å². The molecule has 0 bridgehead atoms. The summed E-state index contributed by atoms with van der Waals surface area (Å²) < 4.78 is 16.0. The highest BCUT2D eigenvalue weighted by Gasteiger charge is 2.36. The molecule has 5 amide bonds. The minimum absolute atomic E-state index is 0.00608. The highest BCUT2D eigenvalue weighted by molar-refractivity contribution is 6.10. The lowest BCUT2D eigenvalue weighted by Gasteiger charge is -2.39. The standard InChI is InChI=1S/C46H56FN9O4/c1-52-23-24-56(46(52)60)35-3-2-18-55(28-35)43-36-26-40(50-42(36)37(44(48)58)25-38(43)47)32-6-4-30(5-7-32)31-16-19-53(20-17-31)27-29-14-21-54(22-15-29)34-10-8-33(9-11-34)49-39-12-13-41(57)51-45(39)59/h4-11,25-26,29,31,35,39,49-50H,2-3,12-24,27-28H2,1H3,(H2,48,58)(H,51,57,59)/t35-,39?/m1/s1. The van der Waals surface area contributed by atoms with Gasteiger partial charge in [-0.2, -0.15) is 0 Å². The van der Waals surface area contributed by atoms with Gasteiger partial charge in [-0.25, -0.2) is 9.18 Å². The van der Waals surface area contributed by atoms with Crippen LogP contribution < -0.4 is 26.2 Å². The molecule has 5 saturated heterocycles. The molecule has 6 heterocycles. The number of nitrogens with zero attached hydrogens (tertiary/aromatic N) is 5. The third-order valence-corrected chi connectivity index (χ3v) is 13.7. The van der Waals surface area contributed by atoms with E-state index in [1.807, 2.05) is 35.0 Å². The predicted molar refractivity (Wildman–Crippen MR) is 232 cm³/mol. The van der Waals surface area contributed by atoms with Crippen molar-refractivity contribution in [3.8, 4) is 11.3 Å². The summed E-state index contributed by atoms with van der Waals surface area (Å²) >= 11 is 0. The van der Waals surface area contributed by atoms with E-state index in [0.717, 1.165) is 88.2 Å². The minimum atomic E-state index is -0.682. The second-order valence-corrected chi connectivity index (χ2v) is 17.6. The minimum Gasteiger partial charge on any atom is -0.374 e. The summed E-state index contributed by atoms with van der Waals surface area (Å²) in [5.41, 5.74) is 12.1. The number of H-pyrrole nitrogens is 1. The molecule has 4 aromatic rings. The Balaban J connectivity index is 0.789. The number of fused-ring (bicyclic) bond motifs is 1. The molecule has 9 rings (SSSR count). The number of primary amides is 1. The number of halogens is 1. The molecule has 0 aliphatic carbocycles. The number of likely N-dealkylation sites (N-methyl/N-ethyl adjacent to an activating group) is 1. The van der Waals surface area contributed by atoms with Crippen LogP contribution in [0.2, 0.25) is 0 Å². The molecule has 2 atom stereocenters. The number of imide groups is 1. The second kappa shape index (κ2) is 16.8. The van der Waals surface area contributed by atoms with Crippen LogP contribution in [0.25, 0.3) is 22.2 Å². The molecule has 13 nitrogen and oxygen atoms in total. The first kappa shape index (κ1) is 39.8. The van der Waals surface area contributed by atoms with Gasteiger partial charge in [0.05, 0.1) is 22.8 Å². The average molecular weight is 818 g/mol. The van der Waals surface area contributed by atoms with Crippen molar-refractivity contribution in [1.82, 2.24) is 25.0 Å². The lowest BCUT2D eigenvalue weighted by atomic mass is 9.87. The zero-order valence-corrected chi connectivity index (χ0v) is 34.4. The van der Waals surface area contributed by atoms with Crippen LogP contribution in [-0.2, 0) is 9.59 Å². The van der Waals surface area contributed by atoms with Crippen LogP contribution >= 0.6 is 0 Å². The highest BCUT2D eigenvalue weighted by atomic mass is 19.1. The number of piperidine rings is 4. The number of benzene rings is 3. The van der Waals surface area contributed by atoms with E-state index in [2.05, 4.69) is 61.8 Å². The fourth-order valence-electron chi connectivity index (χ4n) is 10.3. The summed E-state index contributed by atoms with van der Waals surface area (Å²) in [5, 5.41) is 6.30. The molecule has 3 aromatic carbocycles. The fraction of sp³-hybridized carbons (Fsp3) is 0.478. The van der Waals surface area contributed by atoms with E-state index in [0.29, 0.717) is 67.4 Å². The average Bonchev–Trinajstić information content (AvgIpc) is 3.85. The van der Waals surface area contributed by atoms with Crippen LogP contribution in [-0.4, -0.2) is 121 Å². The van der Waals surface area contributed by atoms with Gasteiger partial charge in [0.2, 0.25) is 11.8 Å². The Morgan fingerprint density at radius 3 is 2.28 bits per heavy atom. The maximum atomic E-state index is 16.0. The molecule has 316 valence electrons. The Morgan fingerprint density at radius 1 is 0.850 bits per heavy atom. The van der Waals surface area contributed by atoms with Gasteiger partial charge < -0.3 is 40.5 Å². The maximum Gasteiger partial charge on any atom is 0.320 e. The number of nitrogens with two attached hydrogens (primary N) is 1. The normalized spacial score (nSPS) is 22.5. The van der Waals surface area contributed by atoms with Gasteiger partial charge in [-0.15, -0.1) is 0 Å². The number of carbonyl (C=O) groups excluding carboxylic acids is 4. The highest BCUT2D eigenvalue weighted by Crippen LogP contribution is 2.39. The van der Waals surface area contributed by atoms with Crippen LogP contribution in [0.1, 0.15) is 73.2 Å². The third kappa shape index (κ3) is 8.13. The molecular formula is C46H56FN9O4. The van der Waals surface area contributed by atoms with Gasteiger partial charge in [0.25, 0.3) is 5.91 Å². The van der Waals surface area contributed by atoms with Crippen molar-refractivity contribution >= 4 is 51.7 Å². The molecule has 5 aliphatic heterocycles. The van der Waals surface area contributed by atoms with Gasteiger partial charge in [0, 0.05) is 81.7 Å². The smallest absolute Gasteiger partial charge is 0.320 e. The number of hydrogen-bond acceptors (Lipinski definition) is 8. The fourth-order valence-corrected chi connectivity index (χ4v) is 10.3. The lowest BCUT2D eigenvalue weighted by Crippen LogP contribution is -2.49. The molecule has 1 aromatic heterocycles. The molecule has 60 heavy (non-hydrogen) atoms. The first-order valence-electron chi connectivity index (χ1n) is 21.8. The van der Waals surface area contributed by atoms with Gasteiger partial charge in [-0.3, -0.25) is 19.7 Å². The molecule has 5 fully saturated rings. The summed E-state index contributed by atoms with van der Waals surface area (Å²) in [6.45, 7) is 7.91. The second-order valence-electron chi connectivity index (χ2n) is 17.6. The van der Waals surface area contributed by atoms with E-state index in [1.54, 1.807) is 4.90 Å². The summed E-state index contributed by atoms with van der Waals surface area (Å²) in [6.07, 6.45) is 7.13. The van der Waals surface area contributed by atoms with Gasteiger partial charge in [0.1, 0.15) is 11.9 Å². The number of likely N-dealkylation sites (tertiary alicyclic amines) is 1. The largest absolute Gasteiger partial charge is 0.374 e. The summed E-state index contributed by atoms with van der Waals surface area (Å²) in [4.78, 5) is 63.1. The molecule has 0 saturated carbocycles. The van der Waals surface area contributed by atoms with E-state index < -0.39 is 11.7 Å². The SMILES string of the molecule is CN1CCN([C@@H]2CCCN(c3c(F)cc(C(N)=O)c4[nH]c(-c5ccc(C6CCN(CC7CCN(c8ccc(NC9CCC(=O)NC9=O)cc8)CC7)CC6)cc5)cc34)C2)C1=O. The van der Waals surface area contributed by atoms with Crippen molar-refractivity contribution in [2.75, 3.05) is 81.1 Å². The van der Waals surface area contributed by atoms with E-state index >= 15 is 4.39 Å². The van der Waals surface area contributed by atoms with Crippen molar-refractivity contribution in [2.45, 2.75) is 69.4 Å². The number of hydrogen-bond donors (Lipinski definition) is 4. The quantitative estimate of drug-likeness (QED) is 0.149. The number of rotatable bonds is 10. The predicted octanol–water partition coefficient (Wildman–Crippen LogP) is 5.72. The zero-order valence-electron chi connectivity index (χ0n) is 34.4. The summed E-state index contributed by atoms with van der Waals surface area (Å²) in [6, 6.07) is 19.8. The monoisotopic (exact) mass is 817 g/mol. The Bertz CT molecular complexity index is 2250. The van der Waals surface area contributed by atoms with Gasteiger partial charge in [-0.05, 0) is 117 Å². The number of aromatic nitrogens is 1. The van der Waals surface area contributed by atoms with Gasteiger partial charge in [-0.1, -0.05) is 24.3 Å². The Kier molecular flexibility index (Phi) is 11.1. The van der Waals surface area contributed by atoms with Crippen molar-refractivity contribution < 1.29 is 23.6 Å². The van der Waals surface area contributed by atoms with E-state index in [-0.39, 0.29) is 35.5 Å². The van der Waals surface area contributed by atoms with Crippen molar-refractivity contribution in [3.63, 3.8) is 0 Å². The Labute approximate surface area is 350 Å². The Hall–Kier alpha value is -5.63. The third-order valence-electron chi connectivity index (χ3n) is 13.7. The topological polar surface area (TPSA) is 150 Å². The number of nitrogens with one attached hydrogen (secondary N) is 3. The summed E-state index contributed by atoms with van der Waals surface area (Å²) in [7, 11) is 1.82. The van der Waals surface area contributed by atoms with Crippen molar-refractivity contribution in [3.05, 3.63) is 77.6 Å². The van der Waals surface area contributed by atoms with Crippen LogP contribution in [0.15, 0.2) is 60.7 Å². The Morgan fingerprint density at radius 2 is 1.60 bits per heavy atom. The zero-order chi connectivity index (χ0) is 41.5. The van der Waals surface area contributed by atoms with Crippen LogP contribution in [0, 0.1) is 11.7 Å². The molecule has 5 N–H and O–H groups in total. The molecule has 1 unspecified atom stereocenters. The lowest BCUT2D eigenvalue weighted by molar-refractivity contribution is -0.133. The maximum absolute atomic E-state index is 16.0. The van der Waals surface area contributed by atoms with E-state index in [9.17, 15) is 19.2 Å². The van der Waals surface area contributed by atoms with Gasteiger partial charge >= 0.3 is 6.03 Å². The number of urea groups is 1. The van der Waals surface area contributed by atoms with Gasteiger partial charge in [0.15, 0.2) is 0 Å². The number of carbonyl (C=O) groups is 4. The molecule has 5 aliphatic rings. The van der Waals surface area contributed by atoms with E-state index in [1.165, 1.54) is 17.3 Å². The van der Waals surface area contributed by atoms with Crippen LogP contribution in [0.3, 0.4) is 0 Å². The summed E-state index contributed by atoms with van der Waals surface area (Å²) in [5.74, 6) is -0.460. The van der Waals surface area contributed by atoms with E-state index in [4.69, 9.17) is 5.73 Å². The van der Waals surface area contributed by atoms with Crippen LogP contribution in [0.4, 0.5) is 26.2 Å². The van der Waals surface area contributed by atoms with Crippen molar-refractivity contribution in [1.29, 1.82) is 0 Å². The number of anilines is 3. The first-order chi connectivity index (χ1) is 29.1. The van der Waals surface area contributed by atoms with Crippen LogP contribution in [0.5, 0.6) is 0 Å². The molecule has 14 heteroatoms. The molecule has 0 radical (unpaired) electrons. The number of amides is 5. The number of aromatic amines is 1. The molecule has 0 spiro atoms. The molecular weight excluding hydrogens is 762 g/mol. The first-order valence-corrected chi connectivity index (χ1v) is 21.8.